The normalized spacial score (nSPS) is 13.2. The van der Waals surface area contributed by atoms with Gasteiger partial charge in [0.1, 0.15) is 4.90 Å². The third kappa shape index (κ3) is 4.81. The molecule has 0 spiro atoms. The summed E-state index contributed by atoms with van der Waals surface area (Å²) in [5.74, 6) is 0. The monoisotopic (exact) mass is 285 g/mol. The van der Waals surface area contributed by atoms with Crippen LogP contribution in [-0.2, 0) is 10.0 Å². The van der Waals surface area contributed by atoms with Gasteiger partial charge in [0.2, 0.25) is 10.0 Å². The first kappa shape index (κ1) is 15.9. The Morgan fingerprint density at radius 1 is 1.26 bits per heavy atom. The molecule has 108 valence electrons. The van der Waals surface area contributed by atoms with E-state index in [4.69, 9.17) is 5.73 Å². The molecule has 0 saturated carbocycles. The minimum absolute atomic E-state index is 0.144. The van der Waals surface area contributed by atoms with E-state index in [-0.39, 0.29) is 10.9 Å². The molecule has 0 amide bonds. The van der Waals surface area contributed by atoms with Gasteiger partial charge in [0.25, 0.3) is 0 Å². The summed E-state index contributed by atoms with van der Waals surface area (Å²) in [5, 5.41) is 3.14. The fourth-order valence-electron chi connectivity index (χ4n) is 1.71. The van der Waals surface area contributed by atoms with Crippen LogP contribution in [0.5, 0.6) is 0 Å². The Morgan fingerprint density at radius 3 is 2.58 bits per heavy atom. The Balaban J connectivity index is 2.79. The molecule has 4 N–H and O–H groups in total. The number of para-hydroxylation sites is 1. The van der Waals surface area contributed by atoms with Crippen LogP contribution in [0.1, 0.15) is 26.7 Å². The van der Waals surface area contributed by atoms with Crippen molar-refractivity contribution in [3.63, 3.8) is 0 Å². The summed E-state index contributed by atoms with van der Waals surface area (Å²) in [7, 11) is -3.44. The number of benzene rings is 1. The highest BCUT2D eigenvalue weighted by atomic mass is 32.2. The van der Waals surface area contributed by atoms with Gasteiger partial charge in [-0.1, -0.05) is 26.0 Å². The molecule has 0 bridgehead atoms. The second-order valence-corrected chi connectivity index (χ2v) is 6.12. The van der Waals surface area contributed by atoms with E-state index in [0.29, 0.717) is 18.8 Å². The molecule has 6 heteroatoms. The third-order valence-corrected chi connectivity index (χ3v) is 4.47. The van der Waals surface area contributed by atoms with E-state index in [1.807, 2.05) is 13.0 Å². The molecule has 0 radical (unpaired) electrons. The molecule has 0 fully saturated rings. The number of rotatable bonds is 8. The molecule has 1 aromatic rings. The molecule has 0 saturated heterocycles. The van der Waals surface area contributed by atoms with Crippen LogP contribution in [-0.4, -0.2) is 27.5 Å². The maximum absolute atomic E-state index is 12.0. The van der Waals surface area contributed by atoms with Crippen molar-refractivity contribution >= 4 is 15.7 Å². The average Bonchev–Trinajstić information content (AvgIpc) is 2.39. The first-order chi connectivity index (χ1) is 9.01. The van der Waals surface area contributed by atoms with E-state index in [1.165, 1.54) is 0 Å². The maximum atomic E-state index is 12.0. The smallest absolute Gasteiger partial charge is 0.242 e. The summed E-state index contributed by atoms with van der Waals surface area (Å²) >= 11 is 0. The van der Waals surface area contributed by atoms with Crippen molar-refractivity contribution in [1.29, 1.82) is 0 Å². The van der Waals surface area contributed by atoms with Crippen molar-refractivity contribution in [3.8, 4) is 0 Å². The van der Waals surface area contributed by atoms with E-state index < -0.39 is 10.0 Å². The molecule has 0 aromatic heterocycles. The zero-order valence-corrected chi connectivity index (χ0v) is 12.3. The Hall–Kier alpha value is -1.11. The fourth-order valence-corrected chi connectivity index (χ4v) is 2.93. The standard InChI is InChI=1S/C13H23N3O2S/c1-3-11(14)9-10-15-12-7-5-6-8-13(12)19(17,18)16-4-2/h5-8,11,15-16H,3-4,9-10,14H2,1-2H3. The minimum Gasteiger partial charge on any atom is -0.384 e. The molecule has 1 unspecified atom stereocenters. The van der Waals surface area contributed by atoms with Gasteiger partial charge in [-0.3, -0.25) is 0 Å². The second-order valence-electron chi connectivity index (χ2n) is 4.38. The average molecular weight is 285 g/mol. The van der Waals surface area contributed by atoms with E-state index in [1.54, 1.807) is 25.1 Å². The molecule has 1 rings (SSSR count). The Kier molecular flexibility index (Phi) is 6.27. The summed E-state index contributed by atoms with van der Waals surface area (Å²) in [5.41, 5.74) is 6.46. The number of nitrogens with one attached hydrogen (secondary N) is 2. The Bertz CT molecular complexity index is 488. The fraction of sp³-hybridized carbons (Fsp3) is 0.538. The van der Waals surface area contributed by atoms with Gasteiger partial charge in [0.05, 0.1) is 5.69 Å². The van der Waals surface area contributed by atoms with Crippen LogP contribution in [0.4, 0.5) is 5.69 Å². The van der Waals surface area contributed by atoms with Gasteiger partial charge in [-0.25, -0.2) is 13.1 Å². The largest absolute Gasteiger partial charge is 0.384 e. The second kappa shape index (κ2) is 7.47. The van der Waals surface area contributed by atoms with Crippen molar-refractivity contribution in [1.82, 2.24) is 4.72 Å². The Morgan fingerprint density at radius 2 is 1.95 bits per heavy atom. The molecule has 1 aromatic carbocycles. The van der Waals surface area contributed by atoms with E-state index in [2.05, 4.69) is 10.0 Å². The summed E-state index contributed by atoms with van der Waals surface area (Å²) < 4.78 is 26.6. The zero-order chi connectivity index (χ0) is 14.3. The van der Waals surface area contributed by atoms with Gasteiger partial charge >= 0.3 is 0 Å². The van der Waals surface area contributed by atoms with Crippen LogP contribution in [0.25, 0.3) is 0 Å². The highest BCUT2D eigenvalue weighted by Gasteiger charge is 2.16. The van der Waals surface area contributed by atoms with Gasteiger partial charge < -0.3 is 11.1 Å². The van der Waals surface area contributed by atoms with Crippen molar-refractivity contribution in [2.24, 2.45) is 5.73 Å². The van der Waals surface area contributed by atoms with Gasteiger partial charge in [-0.15, -0.1) is 0 Å². The molecule has 0 aliphatic heterocycles. The minimum atomic E-state index is -3.44. The predicted octanol–water partition coefficient (Wildman–Crippen LogP) is 1.52. The maximum Gasteiger partial charge on any atom is 0.242 e. The summed E-state index contributed by atoms with van der Waals surface area (Å²) in [6, 6.07) is 7.03. The highest BCUT2D eigenvalue weighted by Crippen LogP contribution is 2.20. The van der Waals surface area contributed by atoms with E-state index in [0.717, 1.165) is 12.8 Å². The van der Waals surface area contributed by atoms with Crippen LogP contribution in [0.15, 0.2) is 29.2 Å². The van der Waals surface area contributed by atoms with Gasteiger partial charge in [-0.05, 0) is 25.0 Å². The molecular weight excluding hydrogens is 262 g/mol. The van der Waals surface area contributed by atoms with Crippen LogP contribution in [0.3, 0.4) is 0 Å². The van der Waals surface area contributed by atoms with Crippen LogP contribution in [0.2, 0.25) is 0 Å². The van der Waals surface area contributed by atoms with Crippen molar-refractivity contribution in [3.05, 3.63) is 24.3 Å². The van der Waals surface area contributed by atoms with Crippen molar-refractivity contribution < 1.29 is 8.42 Å². The molecule has 0 heterocycles. The molecule has 0 aliphatic carbocycles. The summed E-state index contributed by atoms with van der Waals surface area (Å²) in [6.07, 6.45) is 1.73. The summed E-state index contributed by atoms with van der Waals surface area (Å²) in [4.78, 5) is 0.280. The lowest BCUT2D eigenvalue weighted by Gasteiger charge is -2.14. The number of anilines is 1. The summed E-state index contributed by atoms with van der Waals surface area (Å²) in [6.45, 7) is 4.83. The Labute approximate surface area is 115 Å². The van der Waals surface area contributed by atoms with Gasteiger partial charge in [0, 0.05) is 19.1 Å². The highest BCUT2D eigenvalue weighted by molar-refractivity contribution is 7.89. The zero-order valence-electron chi connectivity index (χ0n) is 11.5. The van der Waals surface area contributed by atoms with E-state index in [9.17, 15) is 8.42 Å². The first-order valence-corrected chi connectivity index (χ1v) is 8.07. The van der Waals surface area contributed by atoms with Crippen LogP contribution >= 0.6 is 0 Å². The SMILES string of the molecule is CCNS(=O)(=O)c1ccccc1NCCC(N)CC. The lowest BCUT2D eigenvalue weighted by Crippen LogP contribution is -2.25. The third-order valence-electron chi connectivity index (χ3n) is 2.87. The molecule has 1 atom stereocenters. The van der Waals surface area contributed by atoms with Crippen LogP contribution < -0.4 is 15.8 Å². The van der Waals surface area contributed by atoms with Crippen molar-refractivity contribution in [2.75, 3.05) is 18.4 Å². The number of hydrogen-bond donors (Lipinski definition) is 3. The van der Waals surface area contributed by atoms with Crippen LogP contribution in [0, 0.1) is 0 Å². The van der Waals surface area contributed by atoms with E-state index >= 15 is 0 Å². The van der Waals surface area contributed by atoms with Gasteiger partial charge in [-0.2, -0.15) is 0 Å². The lowest BCUT2D eigenvalue weighted by molar-refractivity contribution is 0.584. The number of hydrogen-bond acceptors (Lipinski definition) is 4. The molecular formula is C13H23N3O2S. The molecule has 19 heavy (non-hydrogen) atoms. The number of sulfonamides is 1. The number of nitrogens with two attached hydrogens (primary N) is 1. The quantitative estimate of drug-likeness (QED) is 0.676. The predicted molar refractivity (Wildman–Crippen MR) is 78.7 cm³/mol. The molecule has 0 aliphatic rings. The topological polar surface area (TPSA) is 84.2 Å². The van der Waals surface area contributed by atoms with Gasteiger partial charge in [0.15, 0.2) is 0 Å². The van der Waals surface area contributed by atoms with Crippen molar-refractivity contribution in [2.45, 2.75) is 37.6 Å². The lowest BCUT2D eigenvalue weighted by atomic mass is 10.2. The molecule has 5 nitrogen and oxygen atoms in total. The first-order valence-electron chi connectivity index (χ1n) is 6.59.